The second-order valence-electron chi connectivity index (χ2n) is 8.66. The third kappa shape index (κ3) is 4.86. The van der Waals surface area contributed by atoms with Gasteiger partial charge in [-0.3, -0.25) is 19.0 Å². The number of pyridine rings is 1. The van der Waals surface area contributed by atoms with Crippen LogP contribution < -0.4 is 5.56 Å². The molecule has 0 bridgehead atoms. The number of aromatic nitrogens is 3. The van der Waals surface area contributed by atoms with Gasteiger partial charge in [0, 0.05) is 32.4 Å². The van der Waals surface area contributed by atoms with Gasteiger partial charge in [0.2, 0.25) is 5.91 Å². The summed E-state index contributed by atoms with van der Waals surface area (Å²) in [4.78, 5) is 51.4. The maximum atomic E-state index is 13.4. The summed E-state index contributed by atoms with van der Waals surface area (Å²) >= 11 is 0. The Labute approximate surface area is 206 Å². The standard InChI is InChI=1S/C27H24FN5O3/c28-21-10-8-19(9-11-21)17-23(34)31-13-15-32(16-14-31)26(35)24-27(36)33(18-20-5-2-1-3-6-20)25-22(30-24)7-4-12-29-25/h1-12H,13-18H2. The molecule has 2 aromatic carbocycles. The highest BCUT2D eigenvalue weighted by molar-refractivity contribution is 5.93. The number of nitrogens with zero attached hydrogens (tertiary/aromatic N) is 5. The van der Waals surface area contributed by atoms with Crippen molar-refractivity contribution in [1.82, 2.24) is 24.3 Å². The van der Waals surface area contributed by atoms with Crippen LogP contribution in [0.5, 0.6) is 0 Å². The van der Waals surface area contributed by atoms with Crippen molar-refractivity contribution in [2.75, 3.05) is 26.2 Å². The molecule has 4 aromatic rings. The Morgan fingerprint density at radius 2 is 1.53 bits per heavy atom. The van der Waals surface area contributed by atoms with Crippen LogP contribution in [0, 0.1) is 5.82 Å². The summed E-state index contributed by atoms with van der Waals surface area (Å²) in [6, 6.07) is 18.8. The second-order valence-corrected chi connectivity index (χ2v) is 8.66. The van der Waals surface area contributed by atoms with E-state index in [-0.39, 0.29) is 30.4 Å². The summed E-state index contributed by atoms with van der Waals surface area (Å²) in [6.45, 7) is 1.54. The first-order valence-electron chi connectivity index (χ1n) is 11.7. The molecule has 5 rings (SSSR count). The van der Waals surface area contributed by atoms with Gasteiger partial charge in [0.15, 0.2) is 11.3 Å². The van der Waals surface area contributed by atoms with E-state index < -0.39 is 11.5 Å². The molecule has 1 aliphatic heterocycles. The van der Waals surface area contributed by atoms with Crippen LogP contribution in [0.15, 0.2) is 77.7 Å². The van der Waals surface area contributed by atoms with Crippen molar-refractivity contribution in [3.63, 3.8) is 0 Å². The van der Waals surface area contributed by atoms with Crippen LogP contribution in [0.25, 0.3) is 11.2 Å². The molecular formula is C27H24FN5O3. The fourth-order valence-corrected chi connectivity index (χ4v) is 4.33. The molecule has 182 valence electrons. The molecule has 1 saturated heterocycles. The first-order valence-corrected chi connectivity index (χ1v) is 11.7. The molecule has 1 fully saturated rings. The highest BCUT2D eigenvalue weighted by Crippen LogP contribution is 2.13. The first-order chi connectivity index (χ1) is 17.5. The average Bonchev–Trinajstić information content (AvgIpc) is 2.91. The summed E-state index contributed by atoms with van der Waals surface area (Å²) in [7, 11) is 0. The van der Waals surface area contributed by atoms with E-state index in [0.717, 1.165) is 11.1 Å². The Bertz CT molecular complexity index is 1460. The fraction of sp³-hybridized carbons (Fsp3) is 0.222. The van der Waals surface area contributed by atoms with Gasteiger partial charge in [-0.1, -0.05) is 42.5 Å². The molecule has 1 aliphatic rings. The lowest BCUT2D eigenvalue weighted by molar-refractivity contribution is -0.131. The van der Waals surface area contributed by atoms with E-state index >= 15 is 0 Å². The van der Waals surface area contributed by atoms with Gasteiger partial charge in [-0.05, 0) is 35.4 Å². The Morgan fingerprint density at radius 3 is 2.25 bits per heavy atom. The molecule has 3 heterocycles. The zero-order chi connectivity index (χ0) is 25.1. The Hall–Kier alpha value is -4.40. The van der Waals surface area contributed by atoms with Crippen LogP contribution in [-0.2, 0) is 17.8 Å². The van der Waals surface area contributed by atoms with E-state index in [1.165, 1.54) is 16.7 Å². The summed E-state index contributed by atoms with van der Waals surface area (Å²) in [5, 5.41) is 0. The maximum absolute atomic E-state index is 13.4. The largest absolute Gasteiger partial charge is 0.339 e. The third-order valence-corrected chi connectivity index (χ3v) is 6.28. The maximum Gasteiger partial charge on any atom is 0.284 e. The van der Waals surface area contributed by atoms with Crippen LogP contribution in [0.4, 0.5) is 4.39 Å². The van der Waals surface area contributed by atoms with E-state index in [1.807, 2.05) is 30.3 Å². The highest BCUT2D eigenvalue weighted by Gasteiger charge is 2.28. The van der Waals surface area contributed by atoms with Gasteiger partial charge < -0.3 is 9.80 Å². The normalized spacial score (nSPS) is 13.7. The number of piperazine rings is 1. The molecule has 0 atom stereocenters. The predicted octanol–water partition coefficient (Wildman–Crippen LogP) is 2.51. The number of fused-ring (bicyclic) bond motifs is 1. The molecular weight excluding hydrogens is 461 g/mol. The monoisotopic (exact) mass is 485 g/mol. The minimum Gasteiger partial charge on any atom is -0.339 e. The smallest absolute Gasteiger partial charge is 0.284 e. The first kappa shape index (κ1) is 23.3. The number of hydrogen-bond acceptors (Lipinski definition) is 5. The van der Waals surface area contributed by atoms with Crippen molar-refractivity contribution in [3.05, 3.63) is 106 Å². The van der Waals surface area contributed by atoms with Crippen LogP contribution in [-0.4, -0.2) is 62.3 Å². The van der Waals surface area contributed by atoms with Gasteiger partial charge in [0.25, 0.3) is 11.5 Å². The third-order valence-electron chi connectivity index (χ3n) is 6.28. The molecule has 0 aliphatic carbocycles. The fourth-order valence-electron chi connectivity index (χ4n) is 4.33. The van der Waals surface area contributed by atoms with Crippen LogP contribution in [0.3, 0.4) is 0 Å². The van der Waals surface area contributed by atoms with Gasteiger partial charge >= 0.3 is 0 Å². The average molecular weight is 486 g/mol. The van der Waals surface area contributed by atoms with Gasteiger partial charge in [0.1, 0.15) is 11.3 Å². The quantitative estimate of drug-likeness (QED) is 0.434. The molecule has 0 spiro atoms. The number of benzene rings is 2. The Morgan fingerprint density at radius 1 is 0.833 bits per heavy atom. The van der Waals surface area contributed by atoms with Gasteiger partial charge in [-0.15, -0.1) is 0 Å². The van der Waals surface area contributed by atoms with Crippen LogP contribution >= 0.6 is 0 Å². The van der Waals surface area contributed by atoms with E-state index in [0.29, 0.717) is 37.3 Å². The molecule has 2 amide bonds. The zero-order valence-electron chi connectivity index (χ0n) is 19.5. The Balaban J connectivity index is 1.33. The number of carbonyl (C=O) groups is 2. The van der Waals surface area contributed by atoms with Crippen molar-refractivity contribution >= 4 is 23.0 Å². The van der Waals surface area contributed by atoms with Crippen molar-refractivity contribution in [2.45, 2.75) is 13.0 Å². The lowest BCUT2D eigenvalue weighted by Crippen LogP contribution is -2.52. The van der Waals surface area contributed by atoms with Crippen LogP contribution in [0.1, 0.15) is 21.6 Å². The van der Waals surface area contributed by atoms with Gasteiger partial charge in [-0.25, -0.2) is 14.4 Å². The molecule has 0 unspecified atom stereocenters. The molecule has 0 N–H and O–H groups in total. The van der Waals surface area contributed by atoms with Crippen molar-refractivity contribution in [2.24, 2.45) is 0 Å². The van der Waals surface area contributed by atoms with E-state index in [2.05, 4.69) is 9.97 Å². The summed E-state index contributed by atoms with van der Waals surface area (Å²) in [6.07, 6.45) is 1.76. The summed E-state index contributed by atoms with van der Waals surface area (Å²) in [5.74, 6) is -0.897. The molecule has 0 saturated carbocycles. The predicted molar refractivity (Wildman–Crippen MR) is 132 cm³/mol. The minimum absolute atomic E-state index is 0.0890. The number of halogens is 1. The lowest BCUT2D eigenvalue weighted by Gasteiger charge is -2.34. The van der Waals surface area contributed by atoms with Crippen molar-refractivity contribution < 1.29 is 14.0 Å². The van der Waals surface area contributed by atoms with Gasteiger partial charge in [-0.2, -0.15) is 0 Å². The minimum atomic E-state index is -0.495. The second kappa shape index (κ2) is 10.1. The number of rotatable bonds is 5. The molecule has 8 nitrogen and oxygen atoms in total. The highest BCUT2D eigenvalue weighted by atomic mass is 19.1. The Kier molecular flexibility index (Phi) is 6.53. The SMILES string of the molecule is O=C(Cc1ccc(F)cc1)N1CCN(C(=O)c2nc3cccnc3n(Cc3ccccc3)c2=O)CC1. The van der Waals surface area contributed by atoms with Crippen LogP contribution in [0.2, 0.25) is 0 Å². The van der Waals surface area contributed by atoms with E-state index in [1.54, 1.807) is 40.3 Å². The molecule has 2 aromatic heterocycles. The molecule has 9 heteroatoms. The molecule has 0 radical (unpaired) electrons. The van der Waals surface area contributed by atoms with Gasteiger partial charge in [0.05, 0.1) is 13.0 Å². The number of amides is 2. The van der Waals surface area contributed by atoms with Crippen molar-refractivity contribution in [3.8, 4) is 0 Å². The lowest BCUT2D eigenvalue weighted by atomic mass is 10.1. The number of carbonyl (C=O) groups excluding carboxylic acids is 2. The topological polar surface area (TPSA) is 88.4 Å². The van der Waals surface area contributed by atoms with E-state index in [9.17, 15) is 18.8 Å². The summed E-state index contributed by atoms with van der Waals surface area (Å²) in [5.41, 5.74) is 1.86. The zero-order valence-corrected chi connectivity index (χ0v) is 19.5. The number of hydrogen-bond donors (Lipinski definition) is 0. The van der Waals surface area contributed by atoms with E-state index in [4.69, 9.17) is 0 Å². The van der Waals surface area contributed by atoms with Crippen molar-refractivity contribution in [1.29, 1.82) is 0 Å². The summed E-state index contributed by atoms with van der Waals surface area (Å²) < 4.78 is 14.6. The molecule has 36 heavy (non-hydrogen) atoms.